The van der Waals surface area contributed by atoms with Gasteiger partial charge in [0, 0.05) is 18.7 Å². The highest BCUT2D eigenvalue weighted by atomic mass is 19.1. The number of rotatable bonds is 3. The van der Waals surface area contributed by atoms with E-state index in [9.17, 15) is 4.39 Å². The van der Waals surface area contributed by atoms with Gasteiger partial charge < -0.3 is 5.32 Å². The Bertz CT molecular complexity index is 517. The van der Waals surface area contributed by atoms with Gasteiger partial charge in [0.25, 0.3) is 0 Å². The monoisotopic (exact) mass is 259 g/mol. The summed E-state index contributed by atoms with van der Waals surface area (Å²) in [5, 5.41) is 7.53. The van der Waals surface area contributed by atoms with Crippen LogP contribution in [0.5, 0.6) is 0 Å². The molecule has 0 radical (unpaired) electrons. The van der Waals surface area contributed by atoms with Crippen LogP contribution < -0.4 is 5.32 Å². The van der Waals surface area contributed by atoms with E-state index in [1.807, 2.05) is 30.3 Å². The molecule has 0 spiro atoms. The number of benzene rings is 1. The molecule has 1 fully saturated rings. The van der Waals surface area contributed by atoms with E-state index in [1.165, 1.54) is 0 Å². The van der Waals surface area contributed by atoms with Gasteiger partial charge in [-0.2, -0.15) is 5.10 Å². The zero-order chi connectivity index (χ0) is 13.1. The topological polar surface area (TPSA) is 29.9 Å². The van der Waals surface area contributed by atoms with Crippen LogP contribution in [0, 0.1) is 5.92 Å². The Labute approximate surface area is 112 Å². The summed E-state index contributed by atoms with van der Waals surface area (Å²) in [7, 11) is 0. The SMILES string of the molecule is FC(c1ccnn1-c1ccccc1)C1CCCNC1. The number of piperidine rings is 1. The molecule has 2 aromatic rings. The van der Waals surface area contributed by atoms with Crippen LogP contribution in [0.1, 0.15) is 24.7 Å². The van der Waals surface area contributed by atoms with E-state index in [-0.39, 0.29) is 5.92 Å². The molecule has 0 amide bonds. The van der Waals surface area contributed by atoms with Crippen LogP contribution in [0.25, 0.3) is 5.69 Å². The van der Waals surface area contributed by atoms with E-state index in [4.69, 9.17) is 0 Å². The van der Waals surface area contributed by atoms with E-state index in [0.29, 0.717) is 5.69 Å². The summed E-state index contributed by atoms with van der Waals surface area (Å²) < 4.78 is 16.4. The first-order valence-electron chi connectivity index (χ1n) is 6.80. The molecule has 2 atom stereocenters. The number of hydrogen-bond donors (Lipinski definition) is 1. The highest BCUT2D eigenvalue weighted by Crippen LogP contribution is 2.31. The van der Waals surface area contributed by atoms with E-state index in [1.54, 1.807) is 16.9 Å². The first-order valence-corrected chi connectivity index (χ1v) is 6.80. The highest BCUT2D eigenvalue weighted by molar-refractivity contribution is 5.33. The van der Waals surface area contributed by atoms with Crippen molar-refractivity contribution in [3.63, 3.8) is 0 Å². The van der Waals surface area contributed by atoms with Gasteiger partial charge in [0.2, 0.25) is 0 Å². The van der Waals surface area contributed by atoms with Crippen LogP contribution in [-0.4, -0.2) is 22.9 Å². The fourth-order valence-corrected chi connectivity index (χ4v) is 2.68. The molecule has 0 saturated carbocycles. The van der Waals surface area contributed by atoms with Crippen LogP contribution in [0.4, 0.5) is 4.39 Å². The van der Waals surface area contributed by atoms with Gasteiger partial charge in [-0.25, -0.2) is 9.07 Å². The van der Waals surface area contributed by atoms with Crippen molar-refractivity contribution in [1.82, 2.24) is 15.1 Å². The molecule has 4 heteroatoms. The predicted molar refractivity (Wildman–Crippen MR) is 73.0 cm³/mol. The fraction of sp³-hybridized carbons (Fsp3) is 0.400. The van der Waals surface area contributed by atoms with Gasteiger partial charge in [0.1, 0.15) is 6.17 Å². The second kappa shape index (κ2) is 5.53. The molecule has 1 aliphatic heterocycles. The lowest BCUT2D eigenvalue weighted by atomic mass is 9.93. The molecule has 19 heavy (non-hydrogen) atoms. The molecule has 100 valence electrons. The average Bonchev–Trinajstić information content (AvgIpc) is 2.98. The second-order valence-corrected chi connectivity index (χ2v) is 5.01. The third-order valence-electron chi connectivity index (χ3n) is 3.70. The number of nitrogens with zero attached hydrogens (tertiary/aromatic N) is 2. The Morgan fingerprint density at radius 3 is 2.84 bits per heavy atom. The van der Waals surface area contributed by atoms with Gasteiger partial charge >= 0.3 is 0 Å². The summed E-state index contributed by atoms with van der Waals surface area (Å²) in [5.74, 6) is 0.0490. The number of aromatic nitrogens is 2. The number of halogens is 1. The summed E-state index contributed by atoms with van der Waals surface area (Å²) in [6.45, 7) is 1.75. The van der Waals surface area contributed by atoms with E-state index < -0.39 is 6.17 Å². The average molecular weight is 259 g/mol. The number of hydrogen-bond acceptors (Lipinski definition) is 2. The summed E-state index contributed by atoms with van der Waals surface area (Å²) in [6.07, 6.45) is 2.69. The Hall–Kier alpha value is -1.68. The van der Waals surface area contributed by atoms with Crippen molar-refractivity contribution in [3.05, 3.63) is 48.3 Å². The largest absolute Gasteiger partial charge is 0.316 e. The van der Waals surface area contributed by atoms with Crippen molar-refractivity contribution >= 4 is 0 Å². The maximum Gasteiger partial charge on any atom is 0.146 e. The van der Waals surface area contributed by atoms with Crippen molar-refractivity contribution < 1.29 is 4.39 Å². The smallest absolute Gasteiger partial charge is 0.146 e. The maximum absolute atomic E-state index is 14.7. The van der Waals surface area contributed by atoms with Crippen molar-refractivity contribution in [2.75, 3.05) is 13.1 Å². The summed E-state index contributed by atoms with van der Waals surface area (Å²) in [4.78, 5) is 0. The lowest BCUT2D eigenvalue weighted by molar-refractivity contribution is 0.187. The van der Waals surface area contributed by atoms with Gasteiger partial charge in [-0.3, -0.25) is 0 Å². The molecule has 2 heterocycles. The van der Waals surface area contributed by atoms with Crippen LogP contribution >= 0.6 is 0 Å². The number of nitrogens with one attached hydrogen (secondary N) is 1. The zero-order valence-corrected chi connectivity index (χ0v) is 10.8. The third-order valence-corrected chi connectivity index (χ3v) is 3.70. The molecule has 1 aromatic carbocycles. The minimum atomic E-state index is -0.962. The number of para-hydroxylation sites is 1. The molecule has 1 aliphatic rings. The van der Waals surface area contributed by atoms with Crippen LogP contribution in [0.2, 0.25) is 0 Å². The second-order valence-electron chi connectivity index (χ2n) is 5.01. The van der Waals surface area contributed by atoms with Crippen molar-refractivity contribution in [2.24, 2.45) is 5.92 Å². The maximum atomic E-state index is 14.7. The van der Waals surface area contributed by atoms with E-state index in [0.717, 1.165) is 31.6 Å². The third kappa shape index (κ3) is 2.54. The standard InChI is InChI=1S/C15H18FN3/c16-15(12-5-4-9-17-11-12)14-8-10-18-19(14)13-6-2-1-3-7-13/h1-3,6-8,10,12,15,17H,4-5,9,11H2. The van der Waals surface area contributed by atoms with Crippen LogP contribution in [0.3, 0.4) is 0 Å². The Morgan fingerprint density at radius 1 is 1.26 bits per heavy atom. The highest BCUT2D eigenvalue weighted by Gasteiger charge is 2.27. The molecule has 1 saturated heterocycles. The minimum absolute atomic E-state index is 0.0490. The van der Waals surface area contributed by atoms with Crippen molar-refractivity contribution in [1.29, 1.82) is 0 Å². The van der Waals surface area contributed by atoms with Gasteiger partial charge in [0.15, 0.2) is 0 Å². The van der Waals surface area contributed by atoms with Gasteiger partial charge in [0.05, 0.1) is 11.4 Å². The molecule has 3 nitrogen and oxygen atoms in total. The Kier molecular flexibility index (Phi) is 3.60. The fourth-order valence-electron chi connectivity index (χ4n) is 2.68. The lowest BCUT2D eigenvalue weighted by Crippen LogP contribution is -2.32. The van der Waals surface area contributed by atoms with Crippen LogP contribution in [-0.2, 0) is 0 Å². The first-order chi connectivity index (χ1) is 9.36. The van der Waals surface area contributed by atoms with Crippen LogP contribution in [0.15, 0.2) is 42.6 Å². The normalized spacial score (nSPS) is 21.2. The molecule has 1 aromatic heterocycles. The molecule has 0 bridgehead atoms. The molecule has 3 rings (SSSR count). The Morgan fingerprint density at radius 2 is 2.11 bits per heavy atom. The molecular formula is C15H18FN3. The van der Waals surface area contributed by atoms with E-state index >= 15 is 0 Å². The molecule has 2 unspecified atom stereocenters. The molecule has 0 aliphatic carbocycles. The number of alkyl halides is 1. The molecular weight excluding hydrogens is 241 g/mol. The summed E-state index contributed by atoms with van der Waals surface area (Å²) in [6, 6.07) is 11.5. The quantitative estimate of drug-likeness (QED) is 0.918. The summed E-state index contributed by atoms with van der Waals surface area (Å²) in [5.41, 5.74) is 1.56. The van der Waals surface area contributed by atoms with Crippen molar-refractivity contribution in [3.8, 4) is 5.69 Å². The van der Waals surface area contributed by atoms with Gasteiger partial charge in [-0.15, -0.1) is 0 Å². The minimum Gasteiger partial charge on any atom is -0.316 e. The van der Waals surface area contributed by atoms with Gasteiger partial charge in [-0.05, 0) is 37.6 Å². The predicted octanol–water partition coefficient (Wildman–Crippen LogP) is 2.88. The van der Waals surface area contributed by atoms with E-state index in [2.05, 4.69) is 10.4 Å². The first kappa shape index (κ1) is 12.4. The Balaban J connectivity index is 1.87. The lowest BCUT2D eigenvalue weighted by Gasteiger charge is -2.26. The summed E-state index contributed by atoms with van der Waals surface area (Å²) >= 11 is 0. The van der Waals surface area contributed by atoms with Crippen molar-refractivity contribution in [2.45, 2.75) is 19.0 Å². The zero-order valence-electron chi connectivity index (χ0n) is 10.8. The molecule has 1 N–H and O–H groups in total. The van der Waals surface area contributed by atoms with Gasteiger partial charge in [-0.1, -0.05) is 18.2 Å².